The molecule has 0 N–H and O–H groups in total. The van der Waals surface area contributed by atoms with Crippen LogP contribution >= 0.6 is 0 Å². The molecule has 0 bridgehead atoms. The quantitative estimate of drug-likeness (QED) is 0.673. The summed E-state index contributed by atoms with van der Waals surface area (Å²) in [5.74, 6) is 0.0809. The minimum atomic E-state index is -4.55. The fourth-order valence-corrected chi connectivity index (χ4v) is 2.81. The van der Waals surface area contributed by atoms with Crippen molar-refractivity contribution in [3.8, 4) is 5.95 Å². The van der Waals surface area contributed by atoms with Crippen molar-refractivity contribution >= 4 is 0 Å². The Kier molecular flexibility index (Phi) is 3.19. The molecule has 0 saturated carbocycles. The molecule has 5 nitrogen and oxygen atoms in total. The number of hydrogen-bond acceptors (Lipinski definition) is 3. The highest BCUT2D eigenvalue weighted by molar-refractivity contribution is 5.26. The first-order valence-electron chi connectivity index (χ1n) is 7.20. The van der Waals surface area contributed by atoms with Gasteiger partial charge >= 0.3 is 6.18 Å². The standard InChI is InChI=1S/C15H11F4N5/c16-10-6-11(9-4-2-1-3-5-9)24-13(10)21-14(22-24)23-7-12(20-8-23)15(17,18)19/h1-5,7-8,10-11H,6H2. The van der Waals surface area contributed by atoms with Crippen LogP contribution in [0.25, 0.3) is 5.95 Å². The maximum atomic E-state index is 14.2. The van der Waals surface area contributed by atoms with E-state index in [0.29, 0.717) is 0 Å². The molecule has 2 atom stereocenters. The molecule has 0 amide bonds. The number of fused-ring (bicyclic) bond motifs is 1. The van der Waals surface area contributed by atoms with Gasteiger partial charge in [-0.25, -0.2) is 14.1 Å². The van der Waals surface area contributed by atoms with E-state index in [-0.39, 0.29) is 24.2 Å². The topological polar surface area (TPSA) is 48.5 Å². The molecule has 0 aliphatic carbocycles. The summed E-state index contributed by atoms with van der Waals surface area (Å²) in [5.41, 5.74) is -0.175. The van der Waals surface area contributed by atoms with E-state index < -0.39 is 18.0 Å². The molecule has 0 radical (unpaired) electrons. The number of aromatic nitrogens is 5. The van der Waals surface area contributed by atoms with Gasteiger partial charge in [0.25, 0.3) is 5.95 Å². The van der Waals surface area contributed by atoms with Crippen LogP contribution in [-0.2, 0) is 6.18 Å². The molecule has 1 aliphatic heterocycles. The van der Waals surface area contributed by atoms with Crippen molar-refractivity contribution in [2.24, 2.45) is 0 Å². The van der Waals surface area contributed by atoms with E-state index in [1.807, 2.05) is 30.3 Å². The minimum Gasteiger partial charge on any atom is -0.272 e. The van der Waals surface area contributed by atoms with Crippen LogP contribution in [0.15, 0.2) is 42.9 Å². The third-order valence-electron chi connectivity index (χ3n) is 3.94. The molecular formula is C15H11F4N5. The molecule has 1 aromatic carbocycles. The molecule has 124 valence electrons. The normalized spacial score (nSPS) is 20.3. The molecule has 9 heteroatoms. The van der Waals surface area contributed by atoms with Crippen molar-refractivity contribution in [2.75, 3.05) is 0 Å². The first-order chi connectivity index (χ1) is 11.4. The number of hydrogen-bond donors (Lipinski definition) is 0. The lowest BCUT2D eigenvalue weighted by molar-refractivity contribution is -0.140. The van der Waals surface area contributed by atoms with Crippen molar-refractivity contribution in [2.45, 2.75) is 24.8 Å². The number of imidazole rings is 1. The maximum absolute atomic E-state index is 14.2. The zero-order valence-electron chi connectivity index (χ0n) is 12.2. The minimum absolute atomic E-state index is 0.0312. The average Bonchev–Trinajstić information content (AvgIpc) is 3.23. The lowest BCUT2D eigenvalue weighted by atomic mass is 10.0. The Hall–Kier alpha value is -2.71. The van der Waals surface area contributed by atoms with Gasteiger partial charge in [-0.05, 0) is 5.56 Å². The van der Waals surface area contributed by atoms with Crippen LogP contribution < -0.4 is 0 Å². The van der Waals surface area contributed by atoms with E-state index in [1.54, 1.807) is 0 Å². The van der Waals surface area contributed by atoms with E-state index in [2.05, 4.69) is 15.1 Å². The van der Waals surface area contributed by atoms with Gasteiger partial charge in [-0.1, -0.05) is 30.3 Å². The zero-order valence-corrected chi connectivity index (χ0v) is 12.2. The van der Waals surface area contributed by atoms with Crippen molar-refractivity contribution < 1.29 is 17.6 Å². The Morgan fingerprint density at radius 2 is 1.88 bits per heavy atom. The molecule has 2 unspecified atom stereocenters. The van der Waals surface area contributed by atoms with Crippen LogP contribution in [0.2, 0.25) is 0 Å². The van der Waals surface area contributed by atoms with E-state index in [4.69, 9.17) is 0 Å². The van der Waals surface area contributed by atoms with Gasteiger partial charge in [0.15, 0.2) is 17.7 Å². The summed E-state index contributed by atoms with van der Waals surface area (Å²) in [4.78, 5) is 7.34. The molecule has 24 heavy (non-hydrogen) atoms. The van der Waals surface area contributed by atoms with Gasteiger partial charge in [0.2, 0.25) is 0 Å². The van der Waals surface area contributed by atoms with Gasteiger partial charge in [-0.2, -0.15) is 18.2 Å². The van der Waals surface area contributed by atoms with Gasteiger partial charge in [-0.3, -0.25) is 4.57 Å². The molecule has 3 heterocycles. The summed E-state index contributed by atoms with van der Waals surface area (Å²) in [6, 6.07) is 8.90. The summed E-state index contributed by atoms with van der Waals surface area (Å²) in [6.07, 6.45) is -3.91. The Bertz CT molecular complexity index is 868. The number of rotatable bonds is 2. The smallest absolute Gasteiger partial charge is 0.272 e. The molecule has 0 fully saturated rings. The van der Waals surface area contributed by atoms with E-state index in [9.17, 15) is 17.6 Å². The molecule has 2 aromatic heterocycles. The van der Waals surface area contributed by atoms with Crippen molar-refractivity contribution in [3.63, 3.8) is 0 Å². The molecule has 0 saturated heterocycles. The Labute approximate surface area is 133 Å². The first kappa shape index (κ1) is 14.9. The van der Waals surface area contributed by atoms with Gasteiger partial charge in [0.05, 0.1) is 6.04 Å². The lowest BCUT2D eigenvalue weighted by Gasteiger charge is -2.11. The zero-order chi connectivity index (χ0) is 16.9. The maximum Gasteiger partial charge on any atom is 0.434 e. The first-order valence-corrected chi connectivity index (χ1v) is 7.20. The van der Waals surface area contributed by atoms with Crippen LogP contribution in [-0.4, -0.2) is 24.3 Å². The number of nitrogens with zero attached hydrogens (tertiary/aromatic N) is 5. The second-order valence-electron chi connectivity index (χ2n) is 5.51. The van der Waals surface area contributed by atoms with Crippen molar-refractivity contribution in [1.29, 1.82) is 0 Å². The Morgan fingerprint density at radius 1 is 1.12 bits per heavy atom. The molecule has 0 spiro atoms. The summed E-state index contributed by atoms with van der Waals surface area (Å²) in [6.45, 7) is 0. The van der Waals surface area contributed by atoms with Gasteiger partial charge < -0.3 is 0 Å². The van der Waals surface area contributed by atoms with E-state index in [0.717, 1.165) is 22.7 Å². The van der Waals surface area contributed by atoms with Crippen LogP contribution in [0.5, 0.6) is 0 Å². The highest BCUT2D eigenvalue weighted by atomic mass is 19.4. The number of benzene rings is 1. The van der Waals surface area contributed by atoms with E-state index >= 15 is 0 Å². The molecular weight excluding hydrogens is 326 g/mol. The summed E-state index contributed by atoms with van der Waals surface area (Å²) in [7, 11) is 0. The van der Waals surface area contributed by atoms with E-state index in [1.165, 1.54) is 4.68 Å². The lowest BCUT2D eigenvalue weighted by Crippen LogP contribution is -2.08. The Morgan fingerprint density at radius 3 is 2.54 bits per heavy atom. The average molecular weight is 337 g/mol. The molecule has 3 aromatic rings. The summed E-state index contributed by atoms with van der Waals surface area (Å²) >= 11 is 0. The third-order valence-corrected chi connectivity index (χ3v) is 3.94. The predicted octanol–water partition coefficient (Wildman–Crippen LogP) is 3.49. The SMILES string of the molecule is FC1CC(c2ccccc2)n2nc(-n3cnc(C(F)(F)F)c3)nc21. The van der Waals surface area contributed by atoms with Crippen molar-refractivity contribution in [3.05, 3.63) is 59.9 Å². The van der Waals surface area contributed by atoms with Crippen LogP contribution in [0.4, 0.5) is 17.6 Å². The summed E-state index contributed by atoms with van der Waals surface area (Å²) < 4.78 is 54.7. The van der Waals surface area contributed by atoms with Crippen LogP contribution in [0, 0.1) is 0 Å². The van der Waals surface area contributed by atoms with Crippen LogP contribution in [0.3, 0.4) is 0 Å². The van der Waals surface area contributed by atoms with Gasteiger partial charge in [0, 0.05) is 12.6 Å². The summed E-state index contributed by atoms with van der Waals surface area (Å²) in [5, 5.41) is 4.19. The van der Waals surface area contributed by atoms with Crippen molar-refractivity contribution in [1.82, 2.24) is 24.3 Å². The number of alkyl halides is 4. The number of halogens is 4. The fraction of sp³-hybridized carbons (Fsp3) is 0.267. The monoisotopic (exact) mass is 337 g/mol. The molecule has 4 rings (SSSR count). The van der Waals surface area contributed by atoms with Gasteiger partial charge in [0.1, 0.15) is 6.33 Å². The van der Waals surface area contributed by atoms with Crippen LogP contribution in [0.1, 0.15) is 35.7 Å². The highest BCUT2D eigenvalue weighted by Crippen LogP contribution is 2.39. The largest absolute Gasteiger partial charge is 0.434 e. The predicted molar refractivity (Wildman–Crippen MR) is 75.2 cm³/mol. The second kappa shape index (κ2) is 5.15. The fourth-order valence-electron chi connectivity index (χ4n) is 2.81. The third kappa shape index (κ3) is 2.36. The van der Waals surface area contributed by atoms with Gasteiger partial charge in [-0.15, -0.1) is 5.10 Å². The molecule has 1 aliphatic rings. The second-order valence-corrected chi connectivity index (χ2v) is 5.51. The Balaban J connectivity index is 1.72. The highest BCUT2D eigenvalue weighted by Gasteiger charge is 2.37.